The van der Waals surface area contributed by atoms with Crippen molar-refractivity contribution in [2.24, 2.45) is 0 Å². The first-order valence-corrected chi connectivity index (χ1v) is 7.15. The van der Waals surface area contributed by atoms with Gasteiger partial charge in [-0.25, -0.2) is 4.98 Å². The summed E-state index contributed by atoms with van der Waals surface area (Å²) in [7, 11) is 0. The van der Waals surface area contributed by atoms with Gasteiger partial charge in [-0.2, -0.15) is 0 Å². The Kier molecular flexibility index (Phi) is 4.32. The van der Waals surface area contributed by atoms with Gasteiger partial charge in [-0.05, 0) is 6.92 Å². The Morgan fingerprint density at radius 2 is 2.44 bits per heavy atom. The SMILES string of the molecule is Cc1csc(CCn2cnnc2SCC(=O)O)n1. The van der Waals surface area contributed by atoms with Crippen LogP contribution in [0.3, 0.4) is 0 Å². The lowest BCUT2D eigenvalue weighted by molar-refractivity contribution is -0.133. The van der Waals surface area contributed by atoms with E-state index in [0.717, 1.165) is 17.1 Å². The van der Waals surface area contributed by atoms with Crippen molar-refractivity contribution in [1.29, 1.82) is 0 Å². The van der Waals surface area contributed by atoms with Crippen molar-refractivity contribution in [2.45, 2.75) is 25.0 Å². The van der Waals surface area contributed by atoms with Crippen LogP contribution in [-0.2, 0) is 17.8 Å². The van der Waals surface area contributed by atoms with Crippen LogP contribution in [-0.4, -0.2) is 36.6 Å². The largest absolute Gasteiger partial charge is 0.481 e. The summed E-state index contributed by atoms with van der Waals surface area (Å²) in [6.45, 7) is 2.68. The summed E-state index contributed by atoms with van der Waals surface area (Å²) in [5.41, 5.74) is 1.03. The molecule has 0 aliphatic heterocycles. The first kappa shape index (κ1) is 13.0. The van der Waals surface area contributed by atoms with Gasteiger partial charge in [0.25, 0.3) is 0 Å². The Morgan fingerprint density at radius 1 is 1.61 bits per heavy atom. The lowest BCUT2D eigenvalue weighted by Crippen LogP contribution is -2.04. The zero-order valence-electron chi connectivity index (χ0n) is 9.74. The van der Waals surface area contributed by atoms with Gasteiger partial charge in [0.05, 0.1) is 10.8 Å². The number of carboxylic acid groups (broad SMARTS) is 1. The van der Waals surface area contributed by atoms with Crippen molar-refractivity contribution in [3.8, 4) is 0 Å². The Hall–Kier alpha value is -1.41. The van der Waals surface area contributed by atoms with Crippen LogP contribution in [0.25, 0.3) is 0 Å². The topological polar surface area (TPSA) is 80.9 Å². The van der Waals surface area contributed by atoms with Gasteiger partial charge in [-0.1, -0.05) is 11.8 Å². The Balaban J connectivity index is 1.93. The van der Waals surface area contributed by atoms with Crippen molar-refractivity contribution >= 4 is 29.1 Å². The Morgan fingerprint density at radius 3 is 3.11 bits per heavy atom. The third-order valence-corrected chi connectivity index (χ3v) is 4.13. The maximum atomic E-state index is 10.5. The van der Waals surface area contributed by atoms with Gasteiger partial charge >= 0.3 is 5.97 Å². The van der Waals surface area contributed by atoms with Crippen molar-refractivity contribution in [2.75, 3.05) is 5.75 Å². The molecular formula is C10H12N4O2S2. The van der Waals surface area contributed by atoms with E-state index >= 15 is 0 Å². The average Bonchev–Trinajstić information content (AvgIpc) is 2.92. The van der Waals surface area contributed by atoms with Gasteiger partial charge < -0.3 is 9.67 Å². The molecule has 2 aromatic heterocycles. The molecule has 0 fully saturated rings. The molecule has 0 aliphatic carbocycles. The summed E-state index contributed by atoms with van der Waals surface area (Å²) >= 11 is 2.80. The number of rotatable bonds is 6. The number of thioether (sulfide) groups is 1. The molecule has 0 saturated carbocycles. The highest BCUT2D eigenvalue weighted by Gasteiger charge is 2.08. The van der Waals surface area contributed by atoms with Gasteiger partial charge in [0, 0.05) is 24.0 Å². The van der Waals surface area contributed by atoms with Crippen LogP contribution in [0.15, 0.2) is 16.9 Å². The van der Waals surface area contributed by atoms with E-state index in [4.69, 9.17) is 5.11 Å². The number of aromatic nitrogens is 4. The fourth-order valence-corrected chi connectivity index (χ4v) is 2.80. The molecule has 8 heteroatoms. The fraction of sp³-hybridized carbons (Fsp3) is 0.400. The molecule has 96 valence electrons. The highest BCUT2D eigenvalue weighted by molar-refractivity contribution is 7.99. The summed E-state index contributed by atoms with van der Waals surface area (Å²) in [5, 5.41) is 20.0. The molecule has 0 atom stereocenters. The van der Waals surface area contributed by atoms with Gasteiger partial charge in [0.15, 0.2) is 5.16 Å². The van der Waals surface area contributed by atoms with E-state index in [2.05, 4.69) is 15.2 Å². The van der Waals surface area contributed by atoms with Gasteiger partial charge in [0.2, 0.25) is 0 Å². The van der Waals surface area contributed by atoms with E-state index in [9.17, 15) is 4.79 Å². The van der Waals surface area contributed by atoms with Crippen molar-refractivity contribution in [1.82, 2.24) is 19.7 Å². The van der Waals surface area contributed by atoms with Crippen LogP contribution in [0.5, 0.6) is 0 Å². The summed E-state index contributed by atoms with van der Waals surface area (Å²) in [4.78, 5) is 14.9. The highest BCUT2D eigenvalue weighted by Crippen LogP contribution is 2.16. The first-order valence-electron chi connectivity index (χ1n) is 5.28. The van der Waals surface area contributed by atoms with Crippen LogP contribution >= 0.6 is 23.1 Å². The van der Waals surface area contributed by atoms with E-state index < -0.39 is 5.97 Å². The Bertz CT molecular complexity index is 537. The summed E-state index contributed by atoms with van der Waals surface area (Å²) in [6.07, 6.45) is 2.42. The molecule has 0 unspecified atom stereocenters. The molecule has 2 aromatic rings. The predicted octanol–water partition coefficient (Wildman–Crippen LogP) is 1.46. The number of nitrogens with zero attached hydrogens (tertiary/aromatic N) is 4. The second-order valence-electron chi connectivity index (χ2n) is 3.62. The average molecular weight is 284 g/mol. The molecule has 0 aromatic carbocycles. The lowest BCUT2D eigenvalue weighted by Gasteiger charge is -2.03. The van der Waals surface area contributed by atoms with Crippen LogP contribution in [0.2, 0.25) is 0 Å². The second-order valence-corrected chi connectivity index (χ2v) is 5.51. The molecule has 0 saturated heterocycles. The zero-order valence-corrected chi connectivity index (χ0v) is 11.4. The van der Waals surface area contributed by atoms with E-state index in [1.807, 2.05) is 16.9 Å². The molecule has 2 heterocycles. The third-order valence-electron chi connectivity index (χ3n) is 2.14. The molecule has 2 rings (SSSR count). The molecule has 6 nitrogen and oxygen atoms in total. The number of hydrogen-bond donors (Lipinski definition) is 1. The van der Waals surface area contributed by atoms with Crippen molar-refractivity contribution in [3.63, 3.8) is 0 Å². The molecule has 0 bridgehead atoms. The minimum absolute atomic E-state index is 0.00491. The summed E-state index contributed by atoms with van der Waals surface area (Å²) in [6, 6.07) is 0. The standard InChI is InChI=1S/C10H12N4O2S2/c1-7-4-17-8(12-7)2-3-14-6-11-13-10(14)18-5-9(15)16/h4,6H,2-3,5H2,1H3,(H,15,16). The minimum Gasteiger partial charge on any atom is -0.481 e. The first-order chi connectivity index (χ1) is 8.65. The fourth-order valence-electron chi connectivity index (χ4n) is 1.37. The van der Waals surface area contributed by atoms with Crippen LogP contribution < -0.4 is 0 Å². The summed E-state index contributed by atoms with van der Waals surface area (Å²) < 4.78 is 1.85. The lowest BCUT2D eigenvalue weighted by atomic mass is 10.4. The van der Waals surface area contributed by atoms with E-state index in [-0.39, 0.29) is 5.75 Å². The predicted molar refractivity (Wildman–Crippen MR) is 68.9 cm³/mol. The van der Waals surface area contributed by atoms with Crippen molar-refractivity contribution in [3.05, 3.63) is 22.4 Å². The summed E-state index contributed by atoms with van der Waals surface area (Å²) in [5.74, 6) is -0.861. The molecule has 18 heavy (non-hydrogen) atoms. The monoisotopic (exact) mass is 284 g/mol. The number of thiazole rings is 1. The molecule has 0 radical (unpaired) electrons. The zero-order chi connectivity index (χ0) is 13.0. The number of carbonyl (C=O) groups is 1. The minimum atomic E-state index is -0.856. The second kappa shape index (κ2) is 5.96. The number of aliphatic carboxylic acids is 1. The smallest absolute Gasteiger partial charge is 0.313 e. The number of carboxylic acids is 1. The normalized spacial score (nSPS) is 10.7. The molecular weight excluding hydrogens is 272 g/mol. The molecule has 0 amide bonds. The Labute approximate surface area is 112 Å². The molecule has 0 aliphatic rings. The van der Waals surface area contributed by atoms with Gasteiger partial charge in [-0.15, -0.1) is 21.5 Å². The number of aryl methyl sites for hydroxylation is 3. The molecule has 1 N–H and O–H groups in total. The van der Waals surface area contributed by atoms with Crippen molar-refractivity contribution < 1.29 is 9.90 Å². The van der Waals surface area contributed by atoms with E-state index in [1.165, 1.54) is 11.8 Å². The van der Waals surface area contributed by atoms with Crippen LogP contribution in [0.1, 0.15) is 10.7 Å². The number of hydrogen-bond acceptors (Lipinski definition) is 6. The molecule has 0 spiro atoms. The van der Waals surface area contributed by atoms with Crippen LogP contribution in [0, 0.1) is 6.92 Å². The van der Waals surface area contributed by atoms with Crippen LogP contribution in [0.4, 0.5) is 0 Å². The van der Waals surface area contributed by atoms with Gasteiger partial charge in [0.1, 0.15) is 6.33 Å². The van der Waals surface area contributed by atoms with E-state index in [0.29, 0.717) is 11.7 Å². The maximum Gasteiger partial charge on any atom is 0.313 e. The quantitative estimate of drug-likeness (QED) is 0.809. The van der Waals surface area contributed by atoms with Gasteiger partial charge in [-0.3, -0.25) is 4.79 Å². The van der Waals surface area contributed by atoms with E-state index in [1.54, 1.807) is 17.7 Å². The maximum absolute atomic E-state index is 10.5. The third kappa shape index (κ3) is 3.54. The highest BCUT2D eigenvalue weighted by atomic mass is 32.2.